The highest BCUT2D eigenvalue weighted by molar-refractivity contribution is 4.84. The normalized spacial score (nSPS) is 34.2. The van der Waals surface area contributed by atoms with E-state index in [0.29, 0.717) is 6.04 Å². The molecule has 2 aliphatic rings. The van der Waals surface area contributed by atoms with Crippen LogP contribution in [0.1, 0.15) is 38.5 Å². The molecule has 0 bridgehead atoms. The zero-order chi connectivity index (χ0) is 10.5. The molecule has 88 valence electrons. The molecule has 2 unspecified atom stereocenters. The number of nitrogens with two attached hydrogens (primary N) is 1. The van der Waals surface area contributed by atoms with Gasteiger partial charge in [-0.25, -0.2) is 0 Å². The summed E-state index contributed by atoms with van der Waals surface area (Å²) in [7, 11) is 0. The molecule has 0 radical (unpaired) electrons. The first-order valence-electron chi connectivity index (χ1n) is 6.45. The van der Waals surface area contributed by atoms with Gasteiger partial charge < -0.3 is 10.5 Å². The maximum atomic E-state index is 5.69. The van der Waals surface area contributed by atoms with E-state index < -0.39 is 0 Å². The van der Waals surface area contributed by atoms with Crippen LogP contribution in [-0.4, -0.2) is 43.3 Å². The van der Waals surface area contributed by atoms with Crippen molar-refractivity contribution in [1.82, 2.24) is 4.90 Å². The first kappa shape index (κ1) is 11.4. The summed E-state index contributed by atoms with van der Waals surface area (Å²) in [5.74, 6) is 0. The second-order valence-corrected chi connectivity index (χ2v) is 4.84. The molecule has 15 heavy (non-hydrogen) atoms. The van der Waals surface area contributed by atoms with E-state index in [2.05, 4.69) is 4.90 Å². The van der Waals surface area contributed by atoms with Crippen LogP contribution in [0.3, 0.4) is 0 Å². The van der Waals surface area contributed by atoms with Crippen molar-refractivity contribution in [3.8, 4) is 0 Å². The van der Waals surface area contributed by atoms with Crippen molar-refractivity contribution in [3.05, 3.63) is 0 Å². The van der Waals surface area contributed by atoms with Gasteiger partial charge in [0.05, 0.1) is 6.61 Å². The smallest absolute Gasteiger partial charge is 0.0621 e. The van der Waals surface area contributed by atoms with Crippen molar-refractivity contribution in [2.75, 3.05) is 26.3 Å². The molecule has 0 saturated carbocycles. The largest absolute Gasteiger partial charge is 0.380 e. The number of rotatable bonds is 3. The molecular formula is C12H24N2O. The lowest BCUT2D eigenvalue weighted by molar-refractivity contribution is -0.0126. The molecule has 2 heterocycles. The first-order valence-corrected chi connectivity index (χ1v) is 6.45. The monoisotopic (exact) mass is 212 g/mol. The van der Waals surface area contributed by atoms with Crippen LogP contribution < -0.4 is 5.73 Å². The third-order valence-electron chi connectivity index (χ3n) is 3.78. The minimum Gasteiger partial charge on any atom is -0.380 e. The van der Waals surface area contributed by atoms with Gasteiger partial charge in [0.15, 0.2) is 0 Å². The molecule has 2 saturated heterocycles. The van der Waals surface area contributed by atoms with Crippen molar-refractivity contribution < 1.29 is 4.74 Å². The molecule has 2 aliphatic heterocycles. The summed E-state index contributed by atoms with van der Waals surface area (Å²) in [6, 6.07) is 1.41. The molecule has 3 nitrogen and oxygen atoms in total. The average molecular weight is 212 g/mol. The van der Waals surface area contributed by atoms with Gasteiger partial charge in [0.1, 0.15) is 0 Å². The standard InChI is InChI=1S/C12H24N2O/c13-7-6-11-4-1-2-8-14(11)12-5-3-9-15-10-12/h11-12H,1-10,13H2. The molecule has 0 aliphatic carbocycles. The summed E-state index contributed by atoms with van der Waals surface area (Å²) in [6.45, 7) is 4.00. The highest BCUT2D eigenvalue weighted by Crippen LogP contribution is 2.25. The summed E-state index contributed by atoms with van der Waals surface area (Å²) in [5, 5.41) is 0. The molecule has 0 aromatic heterocycles. The molecule has 2 rings (SSSR count). The summed E-state index contributed by atoms with van der Waals surface area (Å²) in [5.41, 5.74) is 5.69. The third kappa shape index (κ3) is 2.92. The zero-order valence-corrected chi connectivity index (χ0v) is 9.66. The Hall–Kier alpha value is -0.120. The third-order valence-corrected chi connectivity index (χ3v) is 3.78. The van der Waals surface area contributed by atoms with Crippen LogP contribution in [0.25, 0.3) is 0 Å². The van der Waals surface area contributed by atoms with Gasteiger partial charge in [-0.1, -0.05) is 6.42 Å². The van der Waals surface area contributed by atoms with Gasteiger partial charge in [-0.15, -0.1) is 0 Å². The maximum Gasteiger partial charge on any atom is 0.0621 e. The summed E-state index contributed by atoms with van der Waals surface area (Å²) in [6.07, 6.45) is 7.80. The van der Waals surface area contributed by atoms with Crippen LogP contribution in [0.2, 0.25) is 0 Å². The van der Waals surface area contributed by atoms with Gasteiger partial charge >= 0.3 is 0 Å². The Labute approximate surface area is 93.0 Å². The molecule has 0 aromatic rings. The summed E-state index contributed by atoms with van der Waals surface area (Å²) < 4.78 is 5.59. The van der Waals surface area contributed by atoms with E-state index in [1.807, 2.05) is 0 Å². The summed E-state index contributed by atoms with van der Waals surface area (Å²) >= 11 is 0. The van der Waals surface area contributed by atoms with Crippen LogP contribution >= 0.6 is 0 Å². The topological polar surface area (TPSA) is 38.5 Å². The predicted octanol–water partition coefficient (Wildman–Crippen LogP) is 1.37. The van der Waals surface area contributed by atoms with Gasteiger partial charge in [-0.05, 0) is 45.2 Å². The van der Waals surface area contributed by atoms with E-state index >= 15 is 0 Å². The highest BCUT2D eigenvalue weighted by Gasteiger charge is 2.29. The van der Waals surface area contributed by atoms with Crippen molar-refractivity contribution in [2.45, 2.75) is 50.6 Å². The minimum absolute atomic E-state index is 0.676. The Morgan fingerprint density at radius 3 is 2.87 bits per heavy atom. The SMILES string of the molecule is NCCC1CCCCN1C1CCCOC1. The van der Waals surface area contributed by atoms with Crippen molar-refractivity contribution in [1.29, 1.82) is 0 Å². The molecule has 0 aromatic carbocycles. The second kappa shape index (κ2) is 5.83. The Bertz CT molecular complexity index is 168. The number of hydrogen-bond acceptors (Lipinski definition) is 3. The molecule has 2 fully saturated rings. The second-order valence-electron chi connectivity index (χ2n) is 4.84. The van der Waals surface area contributed by atoms with Gasteiger partial charge in [0, 0.05) is 18.7 Å². The Balaban J connectivity index is 1.90. The van der Waals surface area contributed by atoms with Crippen molar-refractivity contribution >= 4 is 0 Å². The van der Waals surface area contributed by atoms with Crippen LogP contribution in [0.15, 0.2) is 0 Å². The molecule has 0 spiro atoms. The van der Waals surface area contributed by atoms with Gasteiger partial charge in [-0.3, -0.25) is 4.90 Å². The summed E-state index contributed by atoms with van der Waals surface area (Å²) in [4.78, 5) is 2.68. The van der Waals surface area contributed by atoms with E-state index in [9.17, 15) is 0 Å². The lowest BCUT2D eigenvalue weighted by atomic mass is 9.95. The predicted molar refractivity (Wildman–Crippen MR) is 61.9 cm³/mol. The fourth-order valence-corrected chi connectivity index (χ4v) is 2.99. The van der Waals surface area contributed by atoms with Crippen molar-refractivity contribution in [2.24, 2.45) is 5.73 Å². The number of hydrogen-bond donors (Lipinski definition) is 1. The van der Waals surface area contributed by atoms with Crippen LogP contribution in [-0.2, 0) is 4.74 Å². The van der Waals surface area contributed by atoms with Gasteiger partial charge in [0.25, 0.3) is 0 Å². The average Bonchev–Trinajstić information content (AvgIpc) is 2.31. The molecule has 2 atom stereocenters. The van der Waals surface area contributed by atoms with Crippen LogP contribution in [0, 0.1) is 0 Å². The zero-order valence-electron chi connectivity index (χ0n) is 9.66. The number of likely N-dealkylation sites (tertiary alicyclic amines) is 1. The number of piperidine rings is 1. The van der Waals surface area contributed by atoms with E-state index in [-0.39, 0.29) is 0 Å². The molecule has 2 N–H and O–H groups in total. The highest BCUT2D eigenvalue weighted by atomic mass is 16.5. The quantitative estimate of drug-likeness (QED) is 0.768. The lowest BCUT2D eigenvalue weighted by Gasteiger charge is -2.42. The van der Waals surface area contributed by atoms with Crippen LogP contribution in [0.4, 0.5) is 0 Å². The fraction of sp³-hybridized carbons (Fsp3) is 1.00. The Kier molecular flexibility index (Phi) is 4.42. The molecule has 3 heteroatoms. The van der Waals surface area contributed by atoms with E-state index in [1.165, 1.54) is 38.6 Å². The fourth-order valence-electron chi connectivity index (χ4n) is 2.99. The molecular weight excluding hydrogens is 188 g/mol. The lowest BCUT2D eigenvalue weighted by Crippen LogP contribution is -2.50. The number of nitrogens with zero attached hydrogens (tertiary/aromatic N) is 1. The van der Waals surface area contributed by atoms with Crippen molar-refractivity contribution in [3.63, 3.8) is 0 Å². The van der Waals surface area contributed by atoms with E-state index in [0.717, 1.165) is 32.2 Å². The first-order chi connectivity index (χ1) is 7.42. The van der Waals surface area contributed by atoms with E-state index in [4.69, 9.17) is 10.5 Å². The maximum absolute atomic E-state index is 5.69. The van der Waals surface area contributed by atoms with Gasteiger partial charge in [0.2, 0.25) is 0 Å². The van der Waals surface area contributed by atoms with E-state index in [1.54, 1.807) is 0 Å². The Morgan fingerprint density at radius 2 is 2.13 bits per heavy atom. The minimum atomic E-state index is 0.676. The molecule has 0 amide bonds. The van der Waals surface area contributed by atoms with Crippen LogP contribution in [0.5, 0.6) is 0 Å². The number of ether oxygens (including phenoxy) is 1. The van der Waals surface area contributed by atoms with Gasteiger partial charge in [-0.2, -0.15) is 0 Å². The Morgan fingerprint density at radius 1 is 1.20 bits per heavy atom.